The second kappa shape index (κ2) is 11.5. The highest BCUT2D eigenvalue weighted by Gasteiger charge is 2.39. The van der Waals surface area contributed by atoms with Crippen molar-refractivity contribution in [3.63, 3.8) is 0 Å². The number of hydrogen-bond donors (Lipinski definition) is 2. The second-order valence-electron chi connectivity index (χ2n) is 10.8. The number of amides is 1. The van der Waals surface area contributed by atoms with Gasteiger partial charge in [0.1, 0.15) is 17.9 Å². The fourth-order valence-electron chi connectivity index (χ4n) is 4.99. The van der Waals surface area contributed by atoms with Gasteiger partial charge in [-0.2, -0.15) is 10.4 Å². The van der Waals surface area contributed by atoms with E-state index in [0.29, 0.717) is 37.4 Å². The van der Waals surface area contributed by atoms with Crippen LogP contribution in [0.5, 0.6) is 5.75 Å². The third-order valence-corrected chi connectivity index (χ3v) is 7.50. The van der Waals surface area contributed by atoms with Gasteiger partial charge in [0.05, 0.1) is 35.9 Å². The molecule has 1 atom stereocenters. The van der Waals surface area contributed by atoms with Crippen LogP contribution in [0.3, 0.4) is 0 Å². The SMILES string of the molecule is Cc1ccc(OCCN(C)C)cc1C(=O)N[C@H](C)c1cc(-c2cnn(C3(CC#N)CNC3)c2)nc2ccccc12. The Hall–Kier alpha value is -4.26. The normalized spacial score (nSPS) is 14.9. The van der Waals surface area contributed by atoms with E-state index >= 15 is 0 Å². The number of ether oxygens (including phenoxy) is 1. The maximum Gasteiger partial charge on any atom is 0.252 e. The summed E-state index contributed by atoms with van der Waals surface area (Å²) in [5, 5.41) is 21.4. The smallest absolute Gasteiger partial charge is 0.252 e. The first kappa shape index (κ1) is 27.3. The number of hydrogen-bond acceptors (Lipinski definition) is 7. The lowest BCUT2D eigenvalue weighted by Crippen LogP contribution is -2.60. The minimum absolute atomic E-state index is 0.158. The van der Waals surface area contributed by atoms with Gasteiger partial charge in [0, 0.05) is 42.3 Å². The van der Waals surface area contributed by atoms with Gasteiger partial charge in [-0.25, -0.2) is 4.98 Å². The Morgan fingerprint density at radius 1 is 1.25 bits per heavy atom. The van der Waals surface area contributed by atoms with E-state index in [1.54, 1.807) is 6.20 Å². The zero-order valence-electron chi connectivity index (χ0n) is 23.4. The molecule has 1 amide bonds. The van der Waals surface area contributed by atoms with Gasteiger partial charge in [-0.3, -0.25) is 9.48 Å². The molecule has 5 rings (SSSR count). The third kappa shape index (κ3) is 5.55. The molecular formula is C31H35N7O2. The Kier molecular flexibility index (Phi) is 7.83. The van der Waals surface area contributed by atoms with Gasteiger partial charge in [0.15, 0.2) is 0 Å². The molecule has 1 aliphatic rings. The molecule has 0 saturated carbocycles. The molecule has 2 aromatic heterocycles. The first-order chi connectivity index (χ1) is 19.3. The Balaban J connectivity index is 1.42. The number of carbonyl (C=O) groups is 1. The van der Waals surface area contributed by atoms with Gasteiger partial charge in [-0.1, -0.05) is 24.3 Å². The molecule has 1 aliphatic heterocycles. The highest BCUT2D eigenvalue weighted by Crippen LogP contribution is 2.31. The minimum Gasteiger partial charge on any atom is -0.492 e. The van der Waals surface area contributed by atoms with Crippen molar-refractivity contribution in [2.45, 2.75) is 31.8 Å². The lowest BCUT2D eigenvalue weighted by atomic mass is 9.89. The number of nitriles is 1. The molecule has 4 aromatic rings. The molecule has 2 N–H and O–H groups in total. The largest absolute Gasteiger partial charge is 0.492 e. The summed E-state index contributed by atoms with van der Waals surface area (Å²) in [7, 11) is 3.99. The van der Waals surface area contributed by atoms with E-state index in [-0.39, 0.29) is 17.5 Å². The van der Waals surface area contributed by atoms with Crippen LogP contribution in [0, 0.1) is 18.3 Å². The van der Waals surface area contributed by atoms with Crippen LogP contribution in [-0.2, 0) is 5.54 Å². The van der Waals surface area contributed by atoms with Crippen LogP contribution >= 0.6 is 0 Å². The molecule has 0 radical (unpaired) electrons. The molecule has 40 heavy (non-hydrogen) atoms. The van der Waals surface area contributed by atoms with Gasteiger partial charge in [0.25, 0.3) is 5.91 Å². The van der Waals surface area contributed by atoms with Gasteiger partial charge < -0.3 is 20.3 Å². The topological polar surface area (TPSA) is 108 Å². The van der Waals surface area contributed by atoms with Gasteiger partial charge in [-0.05, 0) is 63.3 Å². The number of nitrogens with one attached hydrogen (secondary N) is 2. The average molecular weight is 538 g/mol. The summed E-state index contributed by atoms with van der Waals surface area (Å²) < 4.78 is 7.76. The highest BCUT2D eigenvalue weighted by atomic mass is 16.5. The van der Waals surface area contributed by atoms with Crippen LogP contribution in [0.2, 0.25) is 0 Å². The van der Waals surface area contributed by atoms with Crippen molar-refractivity contribution in [2.24, 2.45) is 0 Å². The van der Waals surface area contributed by atoms with Crippen molar-refractivity contribution in [3.05, 3.63) is 77.6 Å². The zero-order chi connectivity index (χ0) is 28.3. The predicted octanol–water partition coefficient (Wildman–Crippen LogP) is 4.05. The molecule has 1 fully saturated rings. The molecule has 3 heterocycles. The number of pyridine rings is 1. The summed E-state index contributed by atoms with van der Waals surface area (Å²) in [6.07, 6.45) is 4.15. The molecule has 9 heteroatoms. The monoisotopic (exact) mass is 537 g/mol. The van der Waals surface area contributed by atoms with Crippen LogP contribution in [-0.4, -0.2) is 65.9 Å². The van der Waals surface area contributed by atoms with Crippen molar-refractivity contribution in [1.29, 1.82) is 5.26 Å². The fraction of sp³-hybridized carbons (Fsp3) is 0.355. The van der Waals surface area contributed by atoms with Crippen LogP contribution in [0.1, 0.15) is 40.9 Å². The van der Waals surface area contributed by atoms with Crippen LogP contribution in [0.25, 0.3) is 22.2 Å². The number of para-hydroxylation sites is 1. The second-order valence-corrected chi connectivity index (χ2v) is 10.8. The van der Waals surface area contributed by atoms with Crippen molar-refractivity contribution >= 4 is 16.8 Å². The quantitative estimate of drug-likeness (QED) is 0.314. The molecule has 0 unspecified atom stereocenters. The summed E-state index contributed by atoms with van der Waals surface area (Å²) in [5.74, 6) is 0.518. The van der Waals surface area contributed by atoms with E-state index < -0.39 is 0 Å². The van der Waals surface area contributed by atoms with Crippen LogP contribution in [0.15, 0.2) is 60.9 Å². The van der Waals surface area contributed by atoms with E-state index in [9.17, 15) is 10.1 Å². The number of nitrogens with zero attached hydrogens (tertiary/aromatic N) is 5. The molecule has 0 bridgehead atoms. The molecule has 0 aliphatic carbocycles. The number of fused-ring (bicyclic) bond motifs is 1. The van der Waals surface area contributed by atoms with E-state index in [4.69, 9.17) is 9.72 Å². The summed E-state index contributed by atoms with van der Waals surface area (Å²) in [4.78, 5) is 20.4. The maximum atomic E-state index is 13.5. The molecular weight excluding hydrogens is 502 g/mol. The highest BCUT2D eigenvalue weighted by molar-refractivity contribution is 5.96. The Morgan fingerprint density at radius 3 is 2.77 bits per heavy atom. The van der Waals surface area contributed by atoms with Gasteiger partial charge in [-0.15, -0.1) is 0 Å². The van der Waals surface area contributed by atoms with Crippen molar-refractivity contribution < 1.29 is 9.53 Å². The van der Waals surface area contributed by atoms with Crippen molar-refractivity contribution in [3.8, 4) is 23.1 Å². The standard InChI is InChI=1S/C31H35N7O2/c1-21-9-10-24(40-14-13-37(3)4)15-26(21)30(39)35-22(2)27-16-29(36-28-8-6-5-7-25(27)28)23-17-34-38(18-23)31(11-12-32)19-33-20-31/h5-10,15-18,22,33H,11,13-14,19-20H2,1-4H3,(H,35,39)/t22-/m1/s1. The average Bonchev–Trinajstić information content (AvgIpc) is 3.41. The molecule has 2 aromatic carbocycles. The molecule has 0 spiro atoms. The van der Waals surface area contributed by atoms with Crippen LogP contribution < -0.4 is 15.4 Å². The van der Waals surface area contributed by atoms with Crippen molar-refractivity contribution in [1.82, 2.24) is 30.3 Å². The maximum absolute atomic E-state index is 13.5. The van der Waals surface area contributed by atoms with Gasteiger partial charge >= 0.3 is 0 Å². The Labute approximate surface area is 234 Å². The number of likely N-dealkylation sites (N-methyl/N-ethyl adjacent to an activating group) is 1. The Morgan fingerprint density at radius 2 is 2.05 bits per heavy atom. The van der Waals surface area contributed by atoms with Gasteiger partial charge in [0.2, 0.25) is 0 Å². The molecule has 9 nitrogen and oxygen atoms in total. The molecule has 206 valence electrons. The van der Waals surface area contributed by atoms with E-state index in [1.807, 2.05) is 87.4 Å². The number of carbonyl (C=O) groups excluding carboxylic acids is 1. The predicted molar refractivity (Wildman–Crippen MR) is 155 cm³/mol. The Bertz CT molecular complexity index is 1570. The first-order valence-electron chi connectivity index (χ1n) is 13.5. The lowest BCUT2D eigenvalue weighted by molar-refractivity contribution is 0.0939. The number of benzene rings is 2. The first-order valence-corrected chi connectivity index (χ1v) is 13.5. The zero-order valence-corrected chi connectivity index (χ0v) is 23.4. The summed E-state index contributed by atoms with van der Waals surface area (Å²) in [5.41, 5.74) is 4.60. The van der Waals surface area contributed by atoms with E-state index in [1.165, 1.54) is 0 Å². The van der Waals surface area contributed by atoms with E-state index in [0.717, 1.165) is 39.8 Å². The summed E-state index contributed by atoms with van der Waals surface area (Å²) >= 11 is 0. The number of rotatable bonds is 10. The minimum atomic E-state index is -0.323. The molecule has 1 saturated heterocycles. The number of aryl methyl sites for hydroxylation is 1. The lowest BCUT2D eigenvalue weighted by Gasteiger charge is -2.41. The number of aromatic nitrogens is 3. The third-order valence-electron chi connectivity index (χ3n) is 7.50. The van der Waals surface area contributed by atoms with Crippen LogP contribution in [0.4, 0.5) is 0 Å². The van der Waals surface area contributed by atoms with E-state index in [2.05, 4.69) is 26.7 Å². The van der Waals surface area contributed by atoms with Crippen molar-refractivity contribution in [2.75, 3.05) is 40.3 Å². The summed E-state index contributed by atoms with van der Waals surface area (Å²) in [6.45, 7) is 6.67. The summed E-state index contributed by atoms with van der Waals surface area (Å²) in [6, 6.07) is 17.6. The fourth-order valence-corrected chi connectivity index (χ4v) is 4.99.